The van der Waals surface area contributed by atoms with Crippen molar-refractivity contribution in [2.45, 2.75) is 32.4 Å². The first-order valence-corrected chi connectivity index (χ1v) is 9.70. The molecule has 0 radical (unpaired) electrons. The molecule has 2 N–H and O–H groups in total. The molecule has 1 saturated heterocycles. The number of benzene rings is 2. The number of hydrogen-bond donors (Lipinski definition) is 2. The Morgan fingerprint density at radius 1 is 1.08 bits per heavy atom. The van der Waals surface area contributed by atoms with E-state index < -0.39 is 0 Å². The van der Waals surface area contributed by atoms with Crippen LogP contribution in [-0.2, 0) is 6.54 Å². The lowest BCUT2D eigenvalue weighted by molar-refractivity contribution is 0.199. The Hall–Kier alpha value is -2.11. The fraction of sp³-hybridized carbons (Fsp3) is 0.381. The summed E-state index contributed by atoms with van der Waals surface area (Å²) in [6.45, 7) is 5.88. The van der Waals surface area contributed by atoms with Gasteiger partial charge in [0.15, 0.2) is 5.11 Å². The second kappa shape index (κ2) is 9.55. The highest BCUT2D eigenvalue weighted by molar-refractivity contribution is 7.80. The third-order valence-corrected chi connectivity index (χ3v) is 4.81. The molecule has 5 heteroatoms. The van der Waals surface area contributed by atoms with Crippen LogP contribution in [0.4, 0.5) is 5.69 Å². The van der Waals surface area contributed by atoms with E-state index in [9.17, 15) is 0 Å². The van der Waals surface area contributed by atoms with Crippen LogP contribution >= 0.6 is 12.2 Å². The van der Waals surface area contributed by atoms with E-state index >= 15 is 0 Å². The summed E-state index contributed by atoms with van der Waals surface area (Å²) >= 11 is 5.47. The molecule has 0 saturated carbocycles. The normalized spacial score (nSPS) is 15.4. The molecule has 0 unspecified atom stereocenters. The van der Waals surface area contributed by atoms with Crippen LogP contribution in [0.3, 0.4) is 0 Å². The Bertz CT molecular complexity index is 682. The SMILES string of the molecule is CCOc1ccc(NC(=S)NC2CCN(Cc3ccccc3)CC2)cc1. The molecule has 0 amide bonds. The number of thiocarbonyl (C=S) groups is 1. The van der Waals surface area contributed by atoms with E-state index in [1.54, 1.807) is 0 Å². The van der Waals surface area contributed by atoms with E-state index in [1.165, 1.54) is 5.56 Å². The monoisotopic (exact) mass is 369 g/mol. The van der Waals surface area contributed by atoms with Gasteiger partial charge >= 0.3 is 0 Å². The fourth-order valence-electron chi connectivity index (χ4n) is 3.23. The first-order chi connectivity index (χ1) is 12.7. The van der Waals surface area contributed by atoms with Crippen molar-refractivity contribution in [1.82, 2.24) is 10.2 Å². The van der Waals surface area contributed by atoms with Gasteiger partial charge in [-0.3, -0.25) is 4.90 Å². The molecule has 138 valence electrons. The van der Waals surface area contributed by atoms with Crippen molar-refractivity contribution in [3.05, 3.63) is 60.2 Å². The molecule has 0 bridgehead atoms. The maximum absolute atomic E-state index is 5.47. The molecule has 0 spiro atoms. The average Bonchev–Trinajstić information content (AvgIpc) is 2.66. The summed E-state index contributed by atoms with van der Waals surface area (Å²) in [6, 6.07) is 19.0. The minimum atomic E-state index is 0.435. The first-order valence-electron chi connectivity index (χ1n) is 9.29. The Morgan fingerprint density at radius 2 is 1.77 bits per heavy atom. The maximum Gasteiger partial charge on any atom is 0.170 e. The third-order valence-electron chi connectivity index (χ3n) is 4.59. The van der Waals surface area contributed by atoms with Crippen LogP contribution in [0.2, 0.25) is 0 Å². The molecular formula is C21H27N3OS. The van der Waals surface area contributed by atoms with E-state index in [1.807, 2.05) is 31.2 Å². The van der Waals surface area contributed by atoms with Gasteiger partial charge in [0, 0.05) is 31.4 Å². The third kappa shape index (κ3) is 5.71. The first kappa shape index (κ1) is 18.7. The minimum absolute atomic E-state index is 0.435. The molecule has 2 aromatic rings. The van der Waals surface area contributed by atoms with Gasteiger partial charge in [0.25, 0.3) is 0 Å². The molecule has 1 aliphatic rings. The van der Waals surface area contributed by atoms with Crippen molar-refractivity contribution in [3.63, 3.8) is 0 Å². The fourth-order valence-corrected chi connectivity index (χ4v) is 3.52. The largest absolute Gasteiger partial charge is 0.494 e. The summed E-state index contributed by atoms with van der Waals surface area (Å²) in [5.74, 6) is 0.878. The number of nitrogens with one attached hydrogen (secondary N) is 2. The summed E-state index contributed by atoms with van der Waals surface area (Å²) in [7, 11) is 0. The summed E-state index contributed by atoms with van der Waals surface area (Å²) < 4.78 is 5.46. The highest BCUT2D eigenvalue weighted by Gasteiger charge is 2.19. The van der Waals surface area contributed by atoms with Gasteiger partial charge < -0.3 is 15.4 Å². The van der Waals surface area contributed by atoms with Gasteiger partial charge in [-0.2, -0.15) is 0 Å². The second-order valence-electron chi connectivity index (χ2n) is 6.59. The molecule has 1 aliphatic heterocycles. The molecular weight excluding hydrogens is 342 g/mol. The van der Waals surface area contributed by atoms with Crippen molar-refractivity contribution in [2.75, 3.05) is 25.0 Å². The predicted molar refractivity (Wildman–Crippen MR) is 112 cm³/mol. The molecule has 26 heavy (non-hydrogen) atoms. The standard InChI is InChI=1S/C21H27N3OS/c1-2-25-20-10-8-18(9-11-20)22-21(26)23-19-12-14-24(15-13-19)16-17-6-4-3-5-7-17/h3-11,19H,2,12-16H2,1H3,(H2,22,23,26). The van der Waals surface area contributed by atoms with Crippen LogP contribution in [-0.4, -0.2) is 35.8 Å². The Kier molecular flexibility index (Phi) is 6.86. The lowest BCUT2D eigenvalue weighted by Crippen LogP contribution is -2.45. The highest BCUT2D eigenvalue weighted by Crippen LogP contribution is 2.17. The molecule has 0 aliphatic carbocycles. The number of nitrogens with zero attached hydrogens (tertiary/aromatic N) is 1. The number of anilines is 1. The summed E-state index contributed by atoms with van der Waals surface area (Å²) in [4.78, 5) is 2.51. The molecule has 0 aromatic heterocycles. The molecule has 3 rings (SSSR count). The smallest absolute Gasteiger partial charge is 0.170 e. The van der Waals surface area contributed by atoms with Crippen LogP contribution in [0.25, 0.3) is 0 Å². The molecule has 1 heterocycles. The van der Waals surface area contributed by atoms with E-state index in [-0.39, 0.29) is 0 Å². The summed E-state index contributed by atoms with van der Waals surface area (Å²) in [5, 5.41) is 7.41. The zero-order valence-electron chi connectivity index (χ0n) is 15.3. The van der Waals surface area contributed by atoms with E-state index in [0.717, 1.165) is 43.9 Å². The van der Waals surface area contributed by atoms with Crippen LogP contribution in [0.5, 0.6) is 5.75 Å². The van der Waals surface area contributed by atoms with Crippen molar-refractivity contribution in [2.24, 2.45) is 0 Å². The second-order valence-corrected chi connectivity index (χ2v) is 7.00. The number of hydrogen-bond acceptors (Lipinski definition) is 3. The van der Waals surface area contributed by atoms with Crippen molar-refractivity contribution < 1.29 is 4.74 Å². The van der Waals surface area contributed by atoms with E-state index in [2.05, 4.69) is 45.9 Å². The van der Waals surface area contributed by atoms with Gasteiger partial charge in [0.2, 0.25) is 0 Å². The van der Waals surface area contributed by atoms with Gasteiger partial charge in [-0.15, -0.1) is 0 Å². The van der Waals surface area contributed by atoms with Crippen LogP contribution in [0, 0.1) is 0 Å². The van der Waals surface area contributed by atoms with Gasteiger partial charge in [0.1, 0.15) is 5.75 Å². The lowest BCUT2D eigenvalue weighted by atomic mass is 10.0. The van der Waals surface area contributed by atoms with Gasteiger partial charge in [0.05, 0.1) is 6.61 Å². The van der Waals surface area contributed by atoms with Crippen LogP contribution < -0.4 is 15.4 Å². The number of piperidine rings is 1. The predicted octanol–water partition coefficient (Wildman–Crippen LogP) is 4.04. The van der Waals surface area contributed by atoms with Gasteiger partial charge in [-0.05, 0) is 61.8 Å². The Labute approximate surface area is 161 Å². The summed E-state index contributed by atoms with van der Waals surface area (Å²) in [6.07, 6.45) is 2.22. The molecule has 0 atom stereocenters. The Morgan fingerprint density at radius 3 is 2.42 bits per heavy atom. The molecule has 1 fully saturated rings. The number of rotatable bonds is 6. The van der Waals surface area contributed by atoms with Crippen molar-refractivity contribution in [3.8, 4) is 5.75 Å². The minimum Gasteiger partial charge on any atom is -0.494 e. The van der Waals surface area contributed by atoms with Gasteiger partial charge in [-0.1, -0.05) is 30.3 Å². The van der Waals surface area contributed by atoms with Crippen LogP contribution in [0.1, 0.15) is 25.3 Å². The van der Waals surface area contributed by atoms with Crippen LogP contribution in [0.15, 0.2) is 54.6 Å². The number of ether oxygens (including phenoxy) is 1. The molecule has 4 nitrogen and oxygen atoms in total. The number of likely N-dealkylation sites (tertiary alicyclic amines) is 1. The quantitative estimate of drug-likeness (QED) is 0.752. The van der Waals surface area contributed by atoms with E-state index in [0.29, 0.717) is 17.8 Å². The lowest BCUT2D eigenvalue weighted by Gasteiger charge is -2.33. The highest BCUT2D eigenvalue weighted by atomic mass is 32.1. The molecule has 2 aromatic carbocycles. The summed E-state index contributed by atoms with van der Waals surface area (Å²) in [5.41, 5.74) is 2.36. The Balaban J connectivity index is 1.40. The zero-order valence-corrected chi connectivity index (χ0v) is 16.1. The maximum atomic E-state index is 5.47. The zero-order chi connectivity index (χ0) is 18.2. The van der Waals surface area contributed by atoms with E-state index in [4.69, 9.17) is 17.0 Å². The average molecular weight is 370 g/mol. The topological polar surface area (TPSA) is 36.5 Å². The van der Waals surface area contributed by atoms with Crippen molar-refractivity contribution in [1.29, 1.82) is 0 Å². The van der Waals surface area contributed by atoms with Gasteiger partial charge in [-0.25, -0.2) is 0 Å². The van der Waals surface area contributed by atoms with Crippen molar-refractivity contribution >= 4 is 23.0 Å².